The second-order valence-electron chi connectivity index (χ2n) is 5.32. The van der Waals surface area contributed by atoms with Gasteiger partial charge in [0.2, 0.25) is 5.95 Å². The summed E-state index contributed by atoms with van der Waals surface area (Å²) >= 11 is 5.52. The van der Waals surface area contributed by atoms with E-state index in [0.717, 1.165) is 42.9 Å². The number of nitrogens with one attached hydrogen (secondary N) is 1. The van der Waals surface area contributed by atoms with Gasteiger partial charge in [-0.1, -0.05) is 12.1 Å². The summed E-state index contributed by atoms with van der Waals surface area (Å²) in [5, 5.41) is 4.09. The molecule has 1 aliphatic rings. The van der Waals surface area contributed by atoms with Crippen LogP contribution in [-0.4, -0.2) is 46.2 Å². The molecule has 3 rings (SSSR count). The Kier molecular flexibility index (Phi) is 4.48. The van der Waals surface area contributed by atoms with Gasteiger partial charge in [0.25, 0.3) is 0 Å². The number of thiocarbonyl (C=S) groups is 1. The van der Waals surface area contributed by atoms with Crippen LogP contribution in [0.1, 0.15) is 5.56 Å². The van der Waals surface area contributed by atoms with Crippen LogP contribution in [0.3, 0.4) is 0 Å². The van der Waals surface area contributed by atoms with E-state index in [2.05, 4.69) is 44.1 Å². The van der Waals surface area contributed by atoms with E-state index < -0.39 is 0 Å². The fourth-order valence-electron chi connectivity index (χ4n) is 2.49. The largest absolute Gasteiger partial charge is 0.345 e. The minimum Gasteiger partial charge on any atom is -0.345 e. The van der Waals surface area contributed by atoms with Crippen molar-refractivity contribution in [2.24, 2.45) is 0 Å². The number of rotatable bonds is 2. The van der Waals surface area contributed by atoms with Gasteiger partial charge in [0.1, 0.15) is 0 Å². The van der Waals surface area contributed by atoms with Crippen LogP contribution in [0.15, 0.2) is 42.7 Å². The molecule has 6 heteroatoms. The van der Waals surface area contributed by atoms with Crippen LogP contribution in [0.4, 0.5) is 11.6 Å². The molecule has 0 radical (unpaired) electrons. The molecule has 114 valence electrons. The molecule has 1 saturated heterocycles. The second-order valence-corrected chi connectivity index (χ2v) is 5.71. The van der Waals surface area contributed by atoms with Gasteiger partial charge in [-0.05, 0) is 42.9 Å². The van der Waals surface area contributed by atoms with E-state index in [1.807, 2.05) is 18.2 Å². The predicted molar refractivity (Wildman–Crippen MR) is 93.2 cm³/mol. The summed E-state index contributed by atoms with van der Waals surface area (Å²) in [6, 6.07) is 10.1. The van der Waals surface area contributed by atoms with Crippen LogP contribution in [0.2, 0.25) is 0 Å². The fourth-order valence-corrected chi connectivity index (χ4v) is 2.79. The summed E-state index contributed by atoms with van der Waals surface area (Å²) in [6.07, 6.45) is 3.55. The average molecular weight is 313 g/mol. The molecule has 2 heterocycles. The Labute approximate surface area is 136 Å². The smallest absolute Gasteiger partial charge is 0.225 e. The van der Waals surface area contributed by atoms with Crippen molar-refractivity contribution < 1.29 is 0 Å². The fraction of sp³-hybridized carbons (Fsp3) is 0.312. The molecule has 0 amide bonds. The number of piperazine rings is 1. The van der Waals surface area contributed by atoms with Crippen LogP contribution in [0, 0.1) is 6.92 Å². The van der Waals surface area contributed by atoms with E-state index in [0.29, 0.717) is 0 Å². The molecule has 0 aliphatic carbocycles. The lowest BCUT2D eigenvalue weighted by Gasteiger charge is -2.36. The molecule has 1 aliphatic heterocycles. The van der Waals surface area contributed by atoms with Crippen molar-refractivity contribution in [2.75, 3.05) is 36.4 Å². The Bertz CT molecular complexity index is 638. The Balaban J connectivity index is 1.56. The maximum absolute atomic E-state index is 5.52. The molecule has 1 aromatic heterocycles. The molecular weight excluding hydrogens is 294 g/mol. The van der Waals surface area contributed by atoms with E-state index in [1.54, 1.807) is 12.4 Å². The SMILES string of the molecule is Cc1cccc(NC(=S)N2CCN(c3ncccn3)CC2)c1. The Morgan fingerprint density at radius 2 is 1.82 bits per heavy atom. The summed E-state index contributed by atoms with van der Waals surface area (Å²) in [6.45, 7) is 5.57. The first-order valence-electron chi connectivity index (χ1n) is 7.37. The quantitative estimate of drug-likeness (QED) is 0.858. The van der Waals surface area contributed by atoms with Gasteiger partial charge in [-0.3, -0.25) is 0 Å². The third-order valence-electron chi connectivity index (χ3n) is 3.67. The van der Waals surface area contributed by atoms with Gasteiger partial charge < -0.3 is 15.1 Å². The number of hydrogen-bond acceptors (Lipinski definition) is 4. The van der Waals surface area contributed by atoms with Gasteiger partial charge in [-0.25, -0.2) is 9.97 Å². The van der Waals surface area contributed by atoms with Crippen molar-refractivity contribution in [1.29, 1.82) is 0 Å². The molecule has 22 heavy (non-hydrogen) atoms. The molecule has 0 atom stereocenters. The van der Waals surface area contributed by atoms with Crippen molar-refractivity contribution in [2.45, 2.75) is 6.92 Å². The highest BCUT2D eigenvalue weighted by molar-refractivity contribution is 7.80. The molecule has 0 spiro atoms. The van der Waals surface area contributed by atoms with Gasteiger partial charge in [0.15, 0.2) is 5.11 Å². The minimum atomic E-state index is 0.777. The maximum Gasteiger partial charge on any atom is 0.225 e. The first-order chi connectivity index (χ1) is 10.7. The molecular formula is C16H19N5S. The minimum absolute atomic E-state index is 0.777. The first kappa shape index (κ1) is 14.7. The van der Waals surface area contributed by atoms with Gasteiger partial charge in [0.05, 0.1) is 0 Å². The molecule has 2 aromatic rings. The lowest BCUT2D eigenvalue weighted by atomic mass is 10.2. The van der Waals surface area contributed by atoms with E-state index >= 15 is 0 Å². The standard InChI is InChI=1S/C16H19N5S/c1-13-4-2-5-14(12-13)19-16(22)21-10-8-20(9-11-21)15-17-6-3-7-18-15/h2-7,12H,8-11H2,1H3,(H,19,22). The maximum atomic E-state index is 5.52. The highest BCUT2D eigenvalue weighted by atomic mass is 32.1. The zero-order valence-corrected chi connectivity index (χ0v) is 13.4. The normalized spacial score (nSPS) is 14.8. The second kappa shape index (κ2) is 6.70. The number of benzene rings is 1. The molecule has 0 unspecified atom stereocenters. The summed E-state index contributed by atoms with van der Waals surface area (Å²) < 4.78 is 0. The van der Waals surface area contributed by atoms with Crippen molar-refractivity contribution in [3.8, 4) is 0 Å². The third kappa shape index (κ3) is 3.51. The predicted octanol–water partition coefficient (Wildman–Crippen LogP) is 2.30. The summed E-state index contributed by atoms with van der Waals surface area (Å²) in [7, 11) is 0. The number of aryl methyl sites for hydroxylation is 1. The number of hydrogen-bond donors (Lipinski definition) is 1. The first-order valence-corrected chi connectivity index (χ1v) is 7.78. The van der Waals surface area contributed by atoms with Gasteiger partial charge in [-0.15, -0.1) is 0 Å². The lowest BCUT2D eigenvalue weighted by molar-refractivity contribution is 0.388. The van der Waals surface area contributed by atoms with Gasteiger partial charge >= 0.3 is 0 Å². The molecule has 0 bridgehead atoms. The van der Waals surface area contributed by atoms with E-state index in [4.69, 9.17) is 12.2 Å². The number of anilines is 2. The highest BCUT2D eigenvalue weighted by Crippen LogP contribution is 2.13. The van der Waals surface area contributed by atoms with Gasteiger partial charge in [-0.2, -0.15) is 0 Å². The monoisotopic (exact) mass is 313 g/mol. The van der Waals surface area contributed by atoms with Crippen LogP contribution >= 0.6 is 12.2 Å². The molecule has 5 nitrogen and oxygen atoms in total. The zero-order valence-electron chi connectivity index (χ0n) is 12.6. The number of nitrogens with zero attached hydrogens (tertiary/aromatic N) is 4. The zero-order chi connectivity index (χ0) is 15.4. The molecule has 1 fully saturated rings. The van der Waals surface area contributed by atoms with E-state index in [-0.39, 0.29) is 0 Å². The summed E-state index contributed by atoms with van der Waals surface area (Å²) in [5.74, 6) is 0.791. The lowest BCUT2D eigenvalue weighted by Crippen LogP contribution is -2.50. The topological polar surface area (TPSA) is 44.3 Å². The van der Waals surface area contributed by atoms with E-state index in [1.165, 1.54) is 5.56 Å². The van der Waals surface area contributed by atoms with Gasteiger partial charge in [0, 0.05) is 44.3 Å². The van der Waals surface area contributed by atoms with Crippen LogP contribution in [-0.2, 0) is 0 Å². The summed E-state index contributed by atoms with van der Waals surface area (Å²) in [5.41, 5.74) is 2.26. The Morgan fingerprint density at radius 3 is 2.50 bits per heavy atom. The molecule has 1 aromatic carbocycles. The van der Waals surface area contributed by atoms with Crippen LogP contribution in [0.5, 0.6) is 0 Å². The Morgan fingerprint density at radius 1 is 1.09 bits per heavy atom. The third-order valence-corrected chi connectivity index (χ3v) is 4.03. The highest BCUT2D eigenvalue weighted by Gasteiger charge is 2.20. The Hall–Kier alpha value is -2.21. The van der Waals surface area contributed by atoms with Crippen molar-refractivity contribution in [1.82, 2.24) is 14.9 Å². The summed E-state index contributed by atoms with van der Waals surface area (Å²) in [4.78, 5) is 13.0. The number of aromatic nitrogens is 2. The van der Waals surface area contributed by atoms with Crippen LogP contribution < -0.4 is 10.2 Å². The molecule has 0 saturated carbocycles. The van der Waals surface area contributed by atoms with Crippen molar-refractivity contribution >= 4 is 29.0 Å². The van der Waals surface area contributed by atoms with Crippen LogP contribution in [0.25, 0.3) is 0 Å². The average Bonchev–Trinajstić information content (AvgIpc) is 2.56. The van der Waals surface area contributed by atoms with Crippen molar-refractivity contribution in [3.63, 3.8) is 0 Å². The van der Waals surface area contributed by atoms with Crippen molar-refractivity contribution in [3.05, 3.63) is 48.3 Å². The van der Waals surface area contributed by atoms with E-state index in [9.17, 15) is 0 Å². The molecule has 1 N–H and O–H groups in total.